The second kappa shape index (κ2) is 3.16. The smallest absolute Gasteiger partial charge is 0.217 e. The molecular weight excluding hydrogens is 224 g/mol. The van der Waals surface area contributed by atoms with Crippen LogP contribution in [0, 0.1) is 0 Å². The van der Waals surface area contributed by atoms with Gasteiger partial charge in [0.1, 0.15) is 4.60 Å². The Morgan fingerprint density at radius 3 is 2.75 bits per heavy atom. The Bertz CT molecular complexity index is 281. The van der Waals surface area contributed by atoms with Gasteiger partial charge in [-0.2, -0.15) is 0 Å². The van der Waals surface area contributed by atoms with Gasteiger partial charge in [-0.25, -0.2) is 4.98 Å². The van der Waals surface area contributed by atoms with Gasteiger partial charge in [0.15, 0.2) is 5.82 Å². The first-order valence-corrected chi connectivity index (χ1v) is 4.48. The summed E-state index contributed by atoms with van der Waals surface area (Å²) in [5, 5.41) is 0. The monoisotopic (exact) mass is 232 g/mol. The topological polar surface area (TPSA) is 36.3 Å². The highest BCUT2D eigenvalue weighted by Gasteiger charge is 2.22. The highest BCUT2D eigenvalue weighted by atomic mass is 79.9. The van der Waals surface area contributed by atoms with E-state index in [0.717, 1.165) is 10.4 Å². The van der Waals surface area contributed by atoms with E-state index in [9.17, 15) is 0 Å². The van der Waals surface area contributed by atoms with E-state index in [1.165, 1.54) is 0 Å². The molecule has 0 aliphatic carbocycles. The van der Waals surface area contributed by atoms with Gasteiger partial charge in [-0.15, -0.1) is 0 Å². The summed E-state index contributed by atoms with van der Waals surface area (Å²) in [5.74, 6) is 0.805. The second-order valence-electron chi connectivity index (χ2n) is 2.61. The lowest BCUT2D eigenvalue weighted by molar-refractivity contribution is -0.0524. The summed E-state index contributed by atoms with van der Waals surface area (Å²) in [6.07, 6.45) is 1.58. The molecule has 0 N–H and O–H groups in total. The molecule has 0 radical (unpaired) electrons. The van der Waals surface area contributed by atoms with E-state index in [-0.39, 0.29) is 6.29 Å². The zero-order chi connectivity index (χ0) is 8.55. The Kier molecular flexibility index (Phi) is 2.16. The zero-order valence-electron chi connectivity index (χ0n) is 6.66. The number of halogens is 1. The van der Waals surface area contributed by atoms with E-state index >= 15 is 0 Å². The van der Waals surface area contributed by atoms with Crippen molar-refractivity contribution in [2.24, 2.45) is 7.05 Å². The second-order valence-corrected chi connectivity index (χ2v) is 3.42. The maximum atomic E-state index is 5.31. The minimum absolute atomic E-state index is 0.290. The summed E-state index contributed by atoms with van der Waals surface area (Å²) in [6, 6.07) is 0. The van der Waals surface area contributed by atoms with Crippen LogP contribution in [0.3, 0.4) is 0 Å². The molecule has 4 nitrogen and oxygen atoms in total. The SMILES string of the molecule is Cn1cc(Br)nc1C1OCCO1. The highest BCUT2D eigenvalue weighted by Crippen LogP contribution is 2.23. The molecule has 2 rings (SSSR count). The number of rotatable bonds is 1. The summed E-state index contributed by atoms with van der Waals surface area (Å²) in [7, 11) is 1.91. The Labute approximate surface area is 78.6 Å². The fourth-order valence-corrected chi connectivity index (χ4v) is 1.66. The molecule has 0 spiro atoms. The molecule has 1 aliphatic rings. The first kappa shape index (κ1) is 8.22. The van der Waals surface area contributed by atoms with Crippen LogP contribution in [0.25, 0.3) is 0 Å². The fourth-order valence-electron chi connectivity index (χ4n) is 1.17. The molecule has 5 heteroatoms. The van der Waals surface area contributed by atoms with E-state index in [4.69, 9.17) is 9.47 Å². The van der Waals surface area contributed by atoms with Gasteiger partial charge in [-0.3, -0.25) is 0 Å². The molecule has 1 aliphatic heterocycles. The highest BCUT2D eigenvalue weighted by molar-refractivity contribution is 9.10. The van der Waals surface area contributed by atoms with Crippen molar-refractivity contribution in [2.75, 3.05) is 13.2 Å². The molecule has 12 heavy (non-hydrogen) atoms. The molecule has 1 aromatic rings. The molecule has 0 atom stereocenters. The van der Waals surface area contributed by atoms with Gasteiger partial charge in [0.05, 0.1) is 13.2 Å². The third-order valence-electron chi connectivity index (χ3n) is 1.72. The van der Waals surface area contributed by atoms with Crippen molar-refractivity contribution in [2.45, 2.75) is 6.29 Å². The van der Waals surface area contributed by atoms with Gasteiger partial charge in [0.25, 0.3) is 0 Å². The van der Waals surface area contributed by atoms with E-state index in [2.05, 4.69) is 20.9 Å². The third kappa shape index (κ3) is 1.39. The molecule has 0 bridgehead atoms. The van der Waals surface area contributed by atoms with Gasteiger partial charge in [-0.05, 0) is 15.9 Å². The Balaban J connectivity index is 2.25. The Hall–Kier alpha value is -0.390. The van der Waals surface area contributed by atoms with Crippen LogP contribution in [0.2, 0.25) is 0 Å². The number of imidazole rings is 1. The molecule has 0 saturated carbocycles. The van der Waals surface area contributed by atoms with Gasteiger partial charge in [0, 0.05) is 13.2 Å². The number of ether oxygens (including phenoxy) is 2. The average Bonchev–Trinajstić information content (AvgIpc) is 2.58. The molecule has 66 valence electrons. The van der Waals surface area contributed by atoms with Gasteiger partial charge >= 0.3 is 0 Å². The van der Waals surface area contributed by atoms with E-state index in [0.29, 0.717) is 13.2 Å². The van der Waals surface area contributed by atoms with Crippen molar-refractivity contribution in [1.82, 2.24) is 9.55 Å². The summed E-state index contributed by atoms with van der Waals surface area (Å²) in [4.78, 5) is 4.22. The van der Waals surface area contributed by atoms with E-state index in [1.54, 1.807) is 0 Å². The van der Waals surface area contributed by atoms with Gasteiger partial charge in [-0.1, -0.05) is 0 Å². The van der Waals surface area contributed by atoms with Crippen molar-refractivity contribution >= 4 is 15.9 Å². The van der Waals surface area contributed by atoms with Crippen molar-refractivity contribution in [3.05, 3.63) is 16.6 Å². The minimum atomic E-state index is -0.290. The van der Waals surface area contributed by atoms with Crippen LogP contribution in [-0.4, -0.2) is 22.8 Å². The number of nitrogens with zero attached hydrogens (tertiary/aromatic N) is 2. The van der Waals surface area contributed by atoms with Crippen molar-refractivity contribution in [3.8, 4) is 0 Å². The summed E-state index contributed by atoms with van der Waals surface area (Å²) >= 11 is 3.29. The van der Waals surface area contributed by atoms with Crippen LogP contribution in [0.15, 0.2) is 10.8 Å². The molecule has 2 heterocycles. The molecule has 0 unspecified atom stereocenters. The van der Waals surface area contributed by atoms with Crippen LogP contribution in [-0.2, 0) is 16.5 Å². The lowest BCUT2D eigenvalue weighted by Gasteiger charge is -2.07. The van der Waals surface area contributed by atoms with Crippen LogP contribution in [0.4, 0.5) is 0 Å². The standard InChI is InChI=1S/C7H9BrN2O2/c1-10-4-5(8)9-6(10)7-11-2-3-12-7/h4,7H,2-3H2,1H3. The van der Waals surface area contributed by atoms with Crippen LogP contribution in [0.5, 0.6) is 0 Å². The van der Waals surface area contributed by atoms with E-state index in [1.807, 2.05) is 17.8 Å². The molecular formula is C7H9BrN2O2. The summed E-state index contributed by atoms with van der Waals surface area (Å²) in [6.45, 7) is 1.30. The Morgan fingerprint density at radius 2 is 2.25 bits per heavy atom. The summed E-state index contributed by atoms with van der Waals surface area (Å²) in [5.41, 5.74) is 0. The zero-order valence-corrected chi connectivity index (χ0v) is 8.24. The number of aryl methyl sites for hydroxylation is 1. The molecule has 0 aromatic carbocycles. The first-order valence-electron chi connectivity index (χ1n) is 3.69. The largest absolute Gasteiger partial charge is 0.343 e. The van der Waals surface area contributed by atoms with Crippen molar-refractivity contribution in [3.63, 3.8) is 0 Å². The molecule has 1 fully saturated rings. The van der Waals surface area contributed by atoms with Gasteiger partial charge in [0.2, 0.25) is 6.29 Å². The van der Waals surface area contributed by atoms with Crippen LogP contribution < -0.4 is 0 Å². The third-order valence-corrected chi connectivity index (χ3v) is 2.10. The Morgan fingerprint density at radius 1 is 1.58 bits per heavy atom. The maximum absolute atomic E-state index is 5.31. The van der Waals surface area contributed by atoms with E-state index < -0.39 is 0 Å². The van der Waals surface area contributed by atoms with Crippen molar-refractivity contribution < 1.29 is 9.47 Å². The van der Waals surface area contributed by atoms with Crippen LogP contribution >= 0.6 is 15.9 Å². The van der Waals surface area contributed by atoms with Gasteiger partial charge < -0.3 is 14.0 Å². The quantitative estimate of drug-likeness (QED) is 0.731. The number of hydrogen-bond donors (Lipinski definition) is 0. The van der Waals surface area contributed by atoms with Crippen LogP contribution in [0.1, 0.15) is 12.1 Å². The minimum Gasteiger partial charge on any atom is -0.343 e. The predicted molar refractivity (Wildman–Crippen MR) is 45.6 cm³/mol. The summed E-state index contributed by atoms with van der Waals surface area (Å²) < 4.78 is 13.3. The average molecular weight is 233 g/mol. The normalized spacial score (nSPS) is 18.8. The molecule has 1 aromatic heterocycles. The number of hydrogen-bond acceptors (Lipinski definition) is 3. The molecule has 1 saturated heterocycles. The predicted octanol–water partition coefficient (Wildman–Crippen LogP) is 1.23. The van der Waals surface area contributed by atoms with Crippen molar-refractivity contribution in [1.29, 1.82) is 0 Å². The number of aromatic nitrogens is 2. The lowest BCUT2D eigenvalue weighted by Crippen LogP contribution is -2.05. The first-order chi connectivity index (χ1) is 5.77. The molecule has 0 amide bonds. The lowest BCUT2D eigenvalue weighted by atomic mass is 10.6. The fraction of sp³-hybridized carbons (Fsp3) is 0.571. The maximum Gasteiger partial charge on any atom is 0.217 e.